The maximum Gasteiger partial charge on any atom is 0.290 e. The smallest absolute Gasteiger partial charge is 0.290 e. The number of likely N-dealkylation sites (N-methyl/N-ethyl adjacent to an activating group) is 1. The van der Waals surface area contributed by atoms with E-state index in [2.05, 4.69) is 0 Å². The van der Waals surface area contributed by atoms with Crippen molar-refractivity contribution in [2.24, 2.45) is 0 Å². The van der Waals surface area contributed by atoms with Gasteiger partial charge in [0.05, 0.1) is 17.0 Å². The summed E-state index contributed by atoms with van der Waals surface area (Å²) in [5.41, 5.74) is -0.145. The van der Waals surface area contributed by atoms with Gasteiger partial charge < -0.3 is 14.2 Å². The number of carbonyl (C=O) groups excluding carboxylic acids is 1. The summed E-state index contributed by atoms with van der Waals surface area (Å²) in [6.45, 7) is 0.798. The second kappa shape index (κ2) is 6.83. The molecule has 144 valence electrons. The Labute approximate surface area is 159 Å². The number of rotatable bonds is 4. The van der Waals surface area contributed by atoms with Crippen LogP contribution in [0.3, 0.4) is 0 Å². The molecular weight excluding hydrogens is 366 g/mol. The first kappa shape index (κ1) is 18.3. The molecule has 1 amide bonds. The molecule has 28 heavy (non-hydrogen) atoms. The molecule has 5 nitrogen and oxygen atoms in total. The Morgan fingerprint density at radius 2 is 1.86 bits per heavy atom. The quantitative estimate of drug-likeness (QED) is 0.693. The van der Waals surface area contributed by atoms with Crippen molar-refractivity contribution >= 4 is 16.9 Å². The van der Waals surface area contributed by atoms with Crippen molar-refractivity contribution in [1.29, 1.82) is 0 Å². The molecule has 0 fully saturated rings. The molecule has 4 rings (SSSR count). The molecule has 0 saturated carbocycles. The molecule has 7 heteroatoms. The summed E-state index contributed by atoms with van der Waals surface area (Å²) in [5.74, 6) is -1.71. The van der Waals surface area contributed by atoms with Crippen LogP contribution >= 0.6 is 0 Å². The van der Waals surface area contributed by atoms with Crippen LogP contribution in [0.5, 0.6) is 0 Å². The third-order valence-corrected chi connectivity index (χ3v) is 4.92. The Bertz CT molecular complexity index is 1140. The van der Waals surface area contributed by atoms with Gasteiger partial charge in [0.1, 0.15) is 17.2 Å². The lowest BCUT2D eigenvalue weighted by Crippen LogP contribution is -2.35. The first-order chi connectivity index (χ1) is 13.4. The predicted octanol–water partition coefficient (Wildman–Crippen LogP) is 3.18. The number of amides is 1. The van der Waals surface area contributed by atoms with Gasteiger partial charge in [-0.25, -0.2) is 8.78 Å². The number of benzene rings is 2. The third-order valence-electron chi connectivity index (χ3n) is 4.92. The first-order valence-corrected chi connectivity index (χ1v) is 8.85. The molecule has 3 aromatic rings. The Morgan fingerprint density at radius 3 is 2.57 bits per heavy atom. The van der Waals surface area contributed by atoms with Gasteiger partial charge in [-0.2, -0.15) is 0 Å². The van der Waals surface area contributed by atoms with E-state index in [4.69, 9.17) is 4.42 Å². The molecule has 0 aliphatic carbocycles. The highest BCUT2D eigenvalue weighted by atomic mass is 19.1. The summed E-state index contributed by atoms with van der Waals surface area (Å²) in [6, 6.07) is 8.64. The highest BCUT2D eigenvalue weighted by Crippen LogP contribution is 2.38. The third kappa shape index (κ3) is 2.88. The van der Waals surface area contributed by atoms with Crippen LogP contribution in [0, 0.1) is 11.6 Å². The van der Waals surface area contributed by atoms with Gasteiger partial charge in [0, 0.05) is 18.7 Å². The molecule has 0 spiro atoms. The minimum Gasteiger partial charge on any atom is -0.450 e. The number of hydrogen-bond acceptors (Lipinski definition) is 4. The molecule has 1 atom stereocenters. The van der Waals surface area contributed by atoms with Gasteiger partial charge >= 0.3 is 0 Å². The fourth-order valence-electron chi connectivity index (χ4n) is 3.55. The molecule has 2 heterocycles. The van der Waals surface area contributed by atoms with Crippen molar-refractivity contribution in [3.8, 4) is 0 Å². The van der Waals surface area contributed by atoms with Crippen LogP contribution in [0.25, 0.3) is 11.0 Å². The zero-order valence-electron chi connectivity index (χ0n) is 15.4. The molecule has 2 aromatic carbocycles. The van der Waals surface area contributed by atoms with Gasteiger partial charge in [-0.3, -0.25) is 9.59 Å². The van der Waals surface area contributed by atoms with E-state index in [0.29, 0.717) is 6.54 Å². The second-order valence-corrected chi connectivity index (χ2v) is 7.04. The van der Waals surface area contributed by atoms with Gasteiger partial charge in [0.15, 0.2) is 5.43 Å². The second-order valence-electron chi connectivity index (χ2n) is 7.04. The predicted molar refractivity (Wildman–Crippen MR) is 100 cm³/mol. The number of halogens is 2. The van der Waals surface area contributed by atoms with E-state index in [9.17, 15) is 18.4 Å². The number of nitrogens with zero attached hydrogens (tertiary/aromatic N) is 2. The molecule has 1 unspecified atom stereocenters. The Balaban J connectivity index is 1.97. The standard InChI is InChI=1S/C21H18F2N2O3/c1-24(2)9-10-25-18(13-5-3-4-6-15(13)23)17-19(26)14-11-12(22)7-8-16(14)28-20(17)21(25)27/h3-8,11,18H,9-10H2,1-2H3. The Hall–Kier alpha value is -3.06. The molecule has 0 N–H and O–H groups in total. The fraction of sp³-hybridized carbons (Fsp3) is 0.238. The highest BCUT2D eigenvalue weighted by molar-refractivity contribution is 5.99. The topological polar surface area (TPSA) is 53.8 Å². The molecule has 0 bridgehead atoms. The average Bonchev–Trinajstić information content (AvgIpc) is 2.93. The van der Waals surface area contributed by atoms with Gasteiger partial charge in [0.25, 0.3) is 5.91 Å². The van der Waals surface area contributed by atoms with Crippen LogP contribution in [0.2, 0.25) is 0 Å². The maximum atomic E-state index is 14.6. The lowest BCUT2D eigenvalue weighted by Gasteiger charge is -2.26. The minimum absolute atomic E-state index is 0.0300. The van der Waals surface area contributed by atoms with Gasteiger partial charge in [-0.15, -0.1) is 0 Å². The van der Waals surface area contributed by atoms with Crippen molar-refractivity contribution in [2.75, 3.05) is 27.2 Å². The molecule has 1 aromatic heterocycles. The summed E-state index contributed by atoms with van der Waals surface area (Å²) in [5, 5.41) is 0.0300. The highest BCUT2D eigenvalue weighted by Gasteiger charge is 2.43. The fourth-order valence-corrected chi connectivity index (χ4v) is 3.55. The SMILES string of the molecule is CN(C)CCN1C(=O)c2oc3ccc(F)cc3c(=O)c2C1c1ccccc1F. The van der Waals surface area contributed by atoms with Crippen LogP contribution in [0.15, 0.2) is 51.7 Å². The van der Waals surface area contributed by atoms with Crippen LogP contribution in [0.1, 0.15) is 27.7 Å². The van der Waals surface area contributed by atoms with Crippen molar-refractivity contribution in [3.05, 3.63) is 81.2 Å². The summed E-state index contributed by atoms with van der Waals surface area (Å²) in [6.07, 6.45) is 0. The normalized spacial score (nSPS) is 16.2. The largest absolute Gasteiger partial charge is 0.450 e. The summed E-state index contributed by atoms with van der Waals surface area (Å²) >= 11 is 0. The number of carbonyl (C=O) groups is 1. The van der Waals surface area contributed by atoms with E-state index in [1.807, 2.05) is 19.0 Å². The van der Waals surface area contributed by atoms with Crippen LogP contribution in [-0.4, -0.2) is 42.9 Å². The monoisotopic (exact) mass is 384 g/mol. The van der Waals surface area contributed by atoms with E-state index < -0.39 is 29.0 Å². The molecule has 0 radical (unpaired) electrons. The molecular formula is C21H18F2N2O3. The van der Waals surface area contributed by atoms with E-state index in [0.717, 1.165) is 12.1 Å². The minimum atomic E-state index is -0.924. The van der Waals surface area contributed by atoms with Crippen molar-refractivity contribution in [2.45, 2.75) is 6.04 Å². The molecule has 1 aliphatic heterocycles. The van der Waals surface area contributed by atoms with E-state index >= 15 is 0 Å². The van der Waals surface area contributed by atoms with Crippen molar-refractivity contribution in [1.82, 2.24) is 9.80 Å². The zero-order valence-corrected chi connectivity index (χ0v) is 15.4. The summed E-state index contributed by atoms with van der Waals surface area (Å²) in [4.78, 5) is 29.5. The first-order valence-electron chi connectivity index (χ1n) is 8.85. The van der Waals surface area contributed by atoms with Crippen LogP contribution < -0.4 is 5.43 Å². The van der Waals surface area contributed by atoms with Gasteiger partial charge in [-0.1, -0.05) is 18.2 Å². The lowest BCUT2D eigenvalue weighted by molar-refractivity contribution is 0.0714. The van der Waals surface area contributed by atoms with E-state index in [-0.39, 0.29) is 34.4 Å². The summed E-state index contributed by atoms with van der Waals surface area (Å²) < 4.78 is 34.0. The van der Waals surface area contributed by atoms with E-state index in [1.54, 1.807) is 18.2 Å². The average molecular weight is 384 g/mol. The molecule has 0 saturated heterocycles. The van der Waals surface area contributed by atoms with Crippen LogP contribution in [0.4, 0.5) is 8.78 Å². The van der Waals surface area contributed by atoms with Gasteiger partial charge in [-0.05, 0) is 38.4 Å². The zero-order chi connectivity index (χ0) is 20.0. The maximum absolute atomic E-state index is 14.6. The Kier molecular flexibility index (Phi) is 4.47. The number of hydrogen-bond donors (Lipinski definition) is 0. The lowest BCUT2D eigenvalue weighted by atomic mass is 9.98. The van der Waals surface area contributed by atoms with Crippen molar-refractivity contribution < 1.29 is 18.0 Å². The Morgan fingerprint density at radius 1 is 1.11 bits per heavy atom. The summed E-state index contributed by atoms with van der Waals surface area (Å²) in [7, 11) is 3.71. The van der Waals surface area contributed by atoms with Crippen LogP contribution in [-0.2, 0) is 0 Å². The van der Waals surface area contributed by atoms with E-state index in [1.165, 1.54) is 17.0 Å². The van der Waals surface area contributed by atoms with Gasteiger partial charge in [0.2, 0.25) is 5.76 Å². The molecule has 1 aliphatic rings. The number of fused-ring (bicyclic) bond motifs is 2. The van der Waals surface area contributed by atoms with Crippen molar-refractivity contribution in [3.63, 3.8) is 0 Å².